The fraction of sp³-hybridized carbons (Fsp3) is 0.0476. The molecule has 0 radical (unpaired) electrons. The van der Waals surface area contributed by atoms with Gasteiger partial charge in [0.2, 0.25) is 0 Å². The van der Waals surface area contributed by atoms with E-state index in [4.69, 9.17) is 0 Å². The number of hydrogen-bond acceptors (Lipinski definition) is 4. The van der Waals surface area contributed by atoms with Crippen LogP contribution in [0, 0.1) is 17.0 Å². The molecule has 4 aromatic rings. The molecular formula is C21H16N4O3. The molecule has 1 N–H and O–H groups in total. The Balaban J connectivity index is 1.70. The molecule has 7 nitrogen and oxygen atoms in total. The number of anilines is 1. The van der Waals surface area contributed by atoms with Crippen molar-refractivity contribution in [3.05, 3.63) is 94.3 Å². The van der Waals surface area contributed by atoms with Crippen molar-refractivity contribution in [2.45, 2.75) is 6.92 Å². The number of non-ortho nitro benzene ring substituents is 1. The van der Waals surface area contributed by atoms with Crippen molar-refractivity contribution in [1.29, 1.82) is 0 Å². The number of nitro benzene ring substituents is 1. The summed E-state index contributed by atoms with van der Waals surface area (Å²) in [5.74, 6) is -0.420. The maximum absolute atomic E-state index is 12.6. The Morgan fingerprint density at radius 1 is 1.11 bits per heavy atom. The molecule has 138 valence electrons. The third kappa shape index (κ3) is 3.21. The van der Waals surface area contributed by atoms with Crippen molar-refractivity contribution < 1.29 is 9.72 Å². The summed E-state index contributed by atoms with van der Waals surface area (Å²) in [6.07, 6.45) is 3.82. The summed E-state index contributed by atoms with van der Waals surface area (Å²) in [6, 6.07) is 16.9. The molecule has 0 fully saturated rings. The second kappa shape index (κ2) is 6.96. The van der Waals surface area contributed by atoms with Gasteiger partial charge in [0.1, 0.15) is 5.65 Å². The topological polar surface area (TPSA) is 89.5 Å². The van der Waals surface area contributed by atoms with Gasteiger partial charge in [-0.05, 0) is 30.7 Å². The molecule has 0 saturated heterocycles. The predicted molar refractivity (Wildman–Crippen MR) is 106 cm³/mol. The van der Waals surface area contributed by atoms with E-state index in [1.807, 2.05) is 54.0 Å². The molecule has 4 rings (SSSR count). The predicted octanol–water partition coefficient (Wildman–Crippen LogP) is 4.47. The third-order valence-corrected chi connectivity index (χ3v) is 4.45. The lowest BCUT2D eigenvalue weighted by atomic mass is 10.1. The van der Waals surface area contributed by atoms with Gasteiger partial charge >= 0.3 is 0 Å². The van der Waals surface area contributed by atoms with Crippen LogP contribution in [0.4, 0.5) is 11.4 Å². The first kappa shape index (κ1) is 17.4. The van der Waals surface area contributed by atoms with Crippen LogP contribution in [0.1, 0.15) is 15.9 Å². The van der Waals surface area contributed by atoms with Crippen molar-refractivity contribution in [1.82, 2.24) is 9.38 Å². The number of imidazole rings is 1. The van der Waals surface area contributed by atoms with Crippen LogP contribution in [0.5, 0.6) is 0 Å². The molecule has 0 aliphatic heterocycles. The number of rotatable bonds is 4. The van der Waals surface area contributed by atoms with Crippen LogP contribution < -0.4 is 5.32 Å². The van der Waals surface area contributed by atoms with E-state index in [0.717, 1.165) is 22.5 Å². The maximum Gasteiger partial charge on any atom is 0.270 e. The minimum Gasteiger partial charge on any atom is -0.321 e. The van der Waals surface area contributed by atoms with Crippen LogP contribution in [0.2, 0.25) is 0 Å². The Bertz CT molecular complexity index is 1210. The van der Waals surface area contributed by atoms with E-state index in [9.17, 15) is 14.9 Å². The number of para-hydroxylation sites is 1. The highest BCUT2D eigenvalue weighted by molar-refractivity contribution is 6.06. The molecule has 28 heavy (non-hydrogen) atoms. The molecule has 2 heterocycles. The SMILES string of the molecule is Cc1cccn2cc(-c3ccccc3NC(=O)c3cccc([N+](=O)[O-])c3)nc12. The fourth-order valence-electron chi connectivity index (χ4n) is 3.05. The molecule has 0 bridgehead atoms. The fourth-order valence-corrected chi connectivity index (χ4v) is 3.05. The molecule has 7 heteroatoms. The summed E-state index contributed by atoms with van der Waals surface area (Å²) in [4.78, 5) is 27.7. The number of nitro groups is 1. The molecule has 2 aromatic heterocycles. The molecule has 0 spiro atoms. The summed E-state index contributed by atoms with van der Waals surface area (Å²) in [6.45, 7) is 1.99. The first-order chi connectivity index (χ1) is 13.5. The molecular weight excluding hydrogens is 356 g/mol. The van der Waals surface area contributed by atoms with Crippen LogP contribution in [0.25, 0.3) is 16.9 Å². The number of carbonyl (C=O) groups is 1. The number of fused-ring (bicyclic) bond motifs is 1. The molecule has 2 aromatic carbocycles. The smallest absolute Gasteiger partial charge is 0.270 e. The van der Waals surface area contributed by atoms with Crippen LogP contribution in [-0.2, 0) is 0 Å². The summed E-state index contributed by atoms with van der Waals surface area (Å²) >= 11 is 0. The average molecular weight is 372 g/mol. The van der Waals surface area contributed by atoms with Gasteiger partial charge in [-0.15, -0.1) is 0 Å². The van der Waals surface area contributed by atoms with Crippen LogP contribution >= 0.6 is 0 Å². The number of carbonyl (C=O) groups excluding carboxylic acids is 1. The number of benzene rings is 2. The monoisotopic (exact) mass is 372 g/mol. The molecule has 0 unspecified atom stereocenters. The largest absolute Gasteiger partial charge is 0.321 e. The highest BCUT2D eigenvalue weighted by atomic mass is 16.6. The minimum atomic E-state index is -0.524. The van der Waals surface area contributed by atoms with Gasteiger partial charge in [-0.25, -0.2) is 4.98 Å². The highest BCUT2D eigenvalue weighted by Gasteiger charge is 2.15. The van der Waals surface area contributed by atoms with Gasteiger partial charge in [0, 0.05) is 35.7 Å². The molecule has 0 aliphatic carbocycles. The zero-order chi connectivity index (χ0) is 19.7. The first-order valence-electron chi connectivity index (χ1n) is 8.62. The number of hydrogen-bond donors (Lipinski definition) is 1. The van der Waals surface area contributed by atoms with Gasteiger partial charge in [0.05, 0.1) is 16.3 Å². The van der Waals surface area contributed by atoms with Crippen molar-refractivity contribution in [3.63, 3.8) is 0 Å². The van der Waals surface area contributed by atoms with Crippen LogP contribution in [0.3, 0.4) is 0 Å². The van der Waals surface area contributed by atoms with Crippen LogP contribution in [0.15, 0.2) is 73.1 Å². The lowest BCUT2D eigenvalue weighted by molar-refractivity contribution is -0.384. The third-order valence-electron chi connectivity index (χ3n) is 4.45. The van der Waals surface area contributed by atoms with E-state index in [2.05, 4.69) is 10.3 Å². The van der Waals surface area contributed by atoms with Crippen molar-refractivity contribution in [2.24, 2.45) is 0 Å². The van der Waals surface area contributed by atoms with E-state index in [1.165, 1.54) is 18.2 Å². The average Bonchev–Trinajstić information content (AvgIpc) is 3.14. The lowest BCUT2D eigenvalue weighted by Crippen LogP contribution is -2.12. The summed E-state index contributed by atoms with van der Waals surface area (Å²) in [5, 5.41) is 13.8. The van der Waals surface area contributed by atoms with Crippen LogP contribution in [-0.4, -0.2) is 20.2 Å². The van der Waals surface area contributed by atoms with Crippen molar-refractivity contribution >= 4 is 22.9 Å². The van der Waals surface area contributed by atoms with E-state index < -0.39 is 10.8 Å². The Hall–Kier alpha value is -4.00. The first-order valence-corrected chi connectivity index (χ1v) is 8.62. The second-order valence-electron chi connectivity index (χ2n) is 6.36. The summed E-state index contributed by atoms with van der Waals surface area (Å²) in [5.41, 5.74) is 4.06. The van der Waals surface area contributed by atoms with E-state index in [0.29, 0.717) is 5.69 Å². The zero-order valence-electron chi connectivity index (χ0n) is 15.0. The number of aryl methyl sites for hydroxylation is 1. The van der Waals surface area contributed by atoms with Crippen molar-refractivity contribution in [3.8, 4) is 11.3 Å². The van der Waals surface area contributed by atoms with E-state index in [-0.39, 0.29) is 11.3 Å². The minimum absolute atomic E-state index is 0.128. The number of nitrogens with one attached hydrogen (secondary N) is 1. The summed E-state index contributed by atoms with van der Waals surface area (Å²) < 4.78 is 1.93. The van der Waals surface area contributed by atoms with Gasteiger partial charge in [0.15, 0.2) is 0 Å². The lowest BCUT2D eigenvalue weighted by Gasteiger charge is -2.09. The van der Waals surface area contributed by atoms with Gasteiger partial charge in [-0.1, -0.05) is 30.3 Å². The van der Waals surface area contributed by atoms with Crippen molar-refractivity contribution in [2.75, 3.05) is 5.32 Å². The summed E-state index contributed by atoms with van der Waals surface area (Å²) in [7, 11) is 0. The normalized spacial score (nSPS) is 10.8. The maximum atomic E-state index is 12.6. The van der Waals surface area contributed by atoms with Gasteiger partial charge < -0.3 is 9.72 Å². The Labute approximate surface area is 160 Å². The van der Waals surface area contributed by atoms with Gasteiger partial charge in [0.25, 0.3) is 11.6 Å². The molecule has 1 amide bonds. The van der Waals surface area contributed by atoms with E-state index in [1.54, 1.807) is 12.1 Å². The Morgan fingerprint density at radius 3 is 2.71 bits per heavy atom. The number of pyridine rings is 1. The Kier molecular flexibility index (Phi) is 4.33. The number of amides is 1. The van der Waals surface area contributed by atoms with E-state index >= 15 is 0 Å². The second-order valence-corrected chi connectivity index (χ2v) is 6.36. The molecule has 0 saturated carbocycles. The van der Waals surface area contributed by atoms with Gasteiger partial charge in [-0.3, -0.25) is 14.9 Å². The molecule has 0 atom stereocenters. The highest BCUT2D eigenvalue weighted by Crippen LogP contribution is 2.28. The zero-order valence-corrected chi connectivity index (χ0v) is 15.0. The standard InChI is InChI=1S/C21H16N4O3/c1-14-6-5-11-24-13-19(22-20(14)24)17-9-2-3-10-18(17)23-21(26)15-7-4-8-16(12-15)25(27)28/h2-13H,1H3,(H,23,26). The Morgan fingerprint density at radius 2 is 1.93 bits per heavy atom. The van der Waals surface area contributed by atoms with Gasteiger partial charge in [-0.2, -0.15) is 0 Å². The number of aromatic nitrogens is 2. The number of nitrogens with zero attached hydrogens (tertiary/aromatic N) is 3. The molecule has 0 aliphatic rings. The quantitative estimate of drug-likeness (QED) is 0.423.